The van der Waals surface area contributed by atoms with Gasteiger partial charge in [0.1, 0.15) is 4.34 Å². The number of nitrogens with zero attached hydrogens (tertiary/aromatic N) is 2. The topological polar surface area (TPSA) is 43.8 Å². The van der Waals surface area contributed by atoms with Crippen LogP contribution < -0.4 is 0 Å². The molecular formula is C12H16BrClN2O2S. The van der Waals surface area contributed by atoms with Gasteiger partial charge < -0.3 is 10.0 Å². The van der Waals surface area contributed by atoms with Crippen molar-refractivity contribution in [2.75, 3.05) is 32.7 Å². The van der Waals surface area contributed by atoms with E-state index < -0.39 is 5.97 Å². The summed E-state index contributed by atoms with van der Waals surface area (Å²) >= 11 is 11.1. The Morgan fingerprint density at radius 3 is 2.53 bits per heavy atom. The van der Waals surface area contributed by atoms with E-state index in [-0.39, 0.29) is 6.42 Å². The van der Waals surface area contributed by atoms with E-state index in [4.69, 9.17) is 16.7 Å². The number of hydrogen-bond acceptors (Lipinski definition) is 4. The first-order valence-electron chi connectivity index (χ1n) is 6.15. The normalized spacial score (nSPS) is 17.8. The molecule has 0 aromatic carbocycles. The smallest absolute Gasteiger partial charge is 0.304 e. The highest BCUT2D eigenvalue weighted by molar-refractivity contribution is 9.10. The Morgan fingerprint density at radius 2 is 2.00 bits per heavy atom. The molecule has 0 spiro atoms. The van der Waals surface area contributed by atoms with Gasteiger partial charge in [0.2, 0.25) is 0 Å². The molecule has 0 bridgehead atoms. The average Bonchev–Trinajstić information content (AvgIpc) is 2.67. The van der Waals surface area contributed by atoms with Crippen LogP contribution in [0.1, 0.15) is 11.3 Å². The first kappa shape index (κ1) is 15.3. The molecule has 0 saturated carbocycles. The van der Waals surface area contributed by atoms with Gasteiger partial charge in [0.05, 0.1) is 6.42 Å². The maximum Gasteiger partial charge on any atom is 0.304 e. The third kappa shape index (κ3) is 4.72. The Morgan fingerprint density at radius 1 is 1.37 bits per heavy atom. The highest BCUT2D eigenvalue weighted by atomic mass is 79.9. The summed E-state index contributed by atoms with van der Waals surface area (Å²) in [6.07, 6.45) is 0.230. The third-order valence-electron chi connectivity index (χ3n) is 3.18. The van der Waals surface area contributed by atoms with Crippen molar-refractivity contribution >= 4 is 44.8 Å². The predicted octanol–water partition coefficient (Wildman–Crippen LogP) is 2.76. The van der Waals surface area contributed by atoms with Gasteiger partial charge >= 0.3 is 5.97 Å². The number of rotatable bonds is 5. The van der Waals surface area contributed by atoms with E-state index in [0.717, 1.165) is 41.5 Å². The molecule has 1 aliphatic rings. The van der Waals surface area contributed by atoms with E-state index in [9.17, 15) is 4.79 Å². The SMILES string of the molecule is O=C(O)CCN1CCN(Cc2cc(Br)c(Cl)s2)CC1. The molecule has 2 heterocycles. The molecule has 0 unspecified atom stereocenters. The summed E-state index contributed by atoms with van der Waals surface area (Å²) in [5.41, 5.74) is 0. The van der Waals surface area contributed by atoms with Crippen molar-refractivity contribution in [2.45, 2.75) is 13.0 Å². The van der Waals surface area contributed by atoms with Crippen LogP contribution >= 0.6 is 38.9 Å². The van der Waals surface area contributed by atoms with Crippen LogP contribution in [0.2, 0.25) is 4.34 Å². The van der Waals surface area contributed by atoms with Crippen molar-refractivity contribution in [3.05, 3.63) is 19.8 Å². The quantitative estimate of drug-likeness (QED) is 0.869. The van der Waals surface area contributed by atoms with Crippen molar-refractivity contribution in [1.82, 2.24) is 9.80 Å². The van der Waals surface area contributed by atoms with Crippen LogP contribution in [0.25, 0.3) is 0 Å². The van der Waals surface area contributed by atoms with Gasteiger partial charge in [-0.05, 0) is 22.0 Å². The van der Waals surface area contributed by atoms with E-state index in [0.29, 0.717) is 6.54 Å². The molecule has 1 aromatic heterocycles. The van der Waals surface area contributed by atoms with Crippen molar-refractivity contribution in [1.29, 1.82) is 0 Å². The maximum atomic E-state index is 10.5. The van der Waals surface area contributed by atoms with Crippen LogP contribution in [0, 0.1) is 0 Å². The molecule has 1 N–H and O–H groups in total. The number of aliphatic carboxylic acids is 1. The van der Waals surface area contributed by atoms with Gasteiger partial charge in [0.25, 0.3) is 0 Å². The minimum atomic E-state index is -0.722. The van der Waals surface area contributed by atoms with E-state index in [1.807, 2.05) is 0 Å². The number of carboxylic acids is 1. The molecule has 1 aromatic rings. The van der Waals surface area contributed by atoms with Crippen LogP contribution in [0.5, 0.6) is 0 Å². The molecule has 4 nitrogen and oxygen atoms in total. The number of carbonyl (C=O) groups is 1. The second-order valence-corrected chi connectivity index (χ2v) is 7.19. The highest BCUT2D eigenvalue weighted by Gasteiger charge is 2.18. The third-order valence-corrected chi connectivity index (χ3v) is 5.64. The van der Waals surface area contributed by atoms with Gasteiger partial charge in [-0.15, -0.1) is 11.3 Å². The minimum Gasteiger partial charge on any atom is -0.481 e. The average molecular weight is 368 g/mol. The molecule has 106 valence electrons. The molecular weight excluding hydrogens is 352 g/mol. The van der Waals surface area contributed by atoms with Gasteiger partial charge in [-0.3, -0.25) is 9.69 Å². The fourth-order valence-corrected chi connectivity index (χ4v) is 3.95. The molecule has 1 fully saturated rings. The first-order chi connectivity index (χ1) is 9.04. The number of halogens is 2. The molecule has 2 rings (SSSR count). The van der Waals surface area contributed by atoms with Crippen molar-refractivity contribution in [3.63, 3.8) is 0 Å². The number of hydrogen-bond donors (Lipinski definition) is 1. The molecule has 0 aliphatic carbocycles. The van der Waals surface area contributed by atoms with Gasteiger partial charge in [0.15, 0.2) is 0 Å². The lowest BCUT2D eigenvalue weighted by molar-refractivity contribution is -0.137. The lowest BCUT2D eigenvalue weighted by atomic mass is 10.3. The molecule has 0 amide bonds. The first-order valence-corrected chi connectivity index (χ1v) is 8.13. The van der Waals surface area contributed by atoms with Crippen LogP contribution in [-0.2, 0) is 11.3 Å². The summed E-state index contributed by atoms with van der Waals surface area (Å²) in [7, 11) is 0. The van der Waals surface area contributed by atoms with Gasteiger partial charge in [-0.25, -0.2) is 0 Å². The van der Waals surface area contributed by atoms with Gasteiger partial charge in [-0.1, -0.05) is 11.6 Å². The Kier molecular flexibility index (Phi) is 5.65. The van der Waals surface area contributed by atoms with Crippen LogP contribution in [0.3, 0.4) is 0 Å². The second kappa shape index (κ2) is 7.04. The van der Waals surface area contributed by atoms with Gasteiger partial charge in [0, 0.05) is 48.6 Å². The van der Waals surface area contributed by atoms with E-state index in [1.54, 1.807) is 11.3 Å². The molecule has 7 heteroatoms. The largest absolute Gasteiger partial charge is 0.481 e. The standard InChI is InChI=1S/C12H16BrClN2O2S/c13-10-7-9(19-12(10)14)8-16-5-3-15(4-6-16)2-1-11(17)18/h7H,1-6,8H2,(H,17,18). The van der Waals surface area contributed by atoms with Crippen molar-refractivity contribution in [3.8, 4) is 0 Å². The lowest BCUT2D eigenvalue weighted by Crippen LogP contribution is -2.46. The Labute approximate surface area is 130 Å². The molecule has 0 atom stereocenters. The zero-order valence-electron chi connectivity index (χ0n) is 10.4. The summed E-state index contributed by atoms with van der Waals surface area (Å²) in [5, 5.41) is 8.67. The molecule has 19 heavy (non-hydrogen) atoms. The molecule has 1 aliphatic heterocycles. The zero-order valence-corrected chi connectivity index (χ0v) is 13.6. The summed E-state index contributed by atoms with van der Waals surface area (Å²) in [5.74, 6) is -0.722. The lowest BCUT2D eigenvalue weighted by Gasteiger charge is -2.34. The Hall–Kier alpha value is -0.140. The maximum absolute atomic E-state index is 10.5. The van der Waals surface area contributed by atoms with Crippen LogP contribution in [0.15, 0.2) is 10.5 Å². The van der Waals surface area contributed by atoms with E-state index in [2.05, 4.69) is 31.8 Å². The van der Waals surface area contributed by atoms with Crippen LogP contribution in [0.4, 0.5) is 0 Å². The fraction of sp³-hybridized carbons (Fsp3) is 0.583. The highest BCUT2D eigenvalue weighted by Crippen LogP contribution is 2.32. The monoisotopic (exact) mass is 366 g/mol. The summed E-state index contributed by atoms with van der Waals surface area (Å²) in [6, 6.07) is 2.07. The summed E-state index contributed by atoms with van der Waals surface area (Å²) < 4.78 is 1.77. The van der Waals surface area contributed by atoms with E-state index in [1.165, 1.54) is 4.88 Å². The molecule has 1 saturated heterocycles. The van der Waals surface area contributed by atoms with Crippen molar-refractivity contribution in [2.24, 2.45) is 0 Å². The van der Waals surface area contributed by atoms with Crippen molar-refractivity contribution < 1.29 is 9.90 Å². The molecule has 0 radical (unpaired) electrons. The van der Waals surface area contributed by atoms with Crippen LogP contribution in [-0.4, -0.2) is 53.6 Å². The Bertz CT molecular complexity index is 427. The fourth-order valence-electron chi connectivity index (χ4n) is 2.11. The number of thiophene rings is 1. The Balaban J connectivity index is 1.75. The number of carboxylic acid groups (broad SMARTS) is 1. The zero-order chi connectivity index (χ0) is 13.8. The second-order valence-electron chi connectivity index (χ2n) is 4.60. The van der Waals surface area contributed by atoms with Gasteiger partial charge in [-0.2, -0.15) is 0 Å². The summed E-state index contributed by atoms with van der Waals surface area (Å²) in [4.78, 5) is 16.4. The minimum absolute atomic E-state index is 0.230. The van der Waals surface area contributed by atoms with E-state index >= 15 is 0 Å². The summed E-state index contributed by atoms with van der Waals surface area (Å²) in [6.45, 7) is 5.41. The predicted molar refractivity (Wildman–Crippen MR) is 81.0 cm³/mol. The number of piperazine rings is 1.